The molecule has 0 unspecified atom stereocenters. The quantitative estimate of drug-likeness (QED) is 0.395. The van der Waals surface area contributed by atoms with Crippen molar-refractivity contribution in [2.45, 2.75) is 31.0 Å². The SMILES string of the molecule is N[C@@H](CC(=O)N[C@@H]1c2ccccc2C[C@H]1NC(=O)c1cc2cc(Cl)sc2[nH]1)C(=O)O. The Kier molecular flexibility index (Phi) is 5.50. The molecule has 3 aromatic rings. The molecule has 2 aromatic heterocycles. The van der Waals surface area contributed by atoms with Crippen molar-refractivity contribution in [2.75, 3.05) is 0 Å². The third-order valence-corrected chi connectivity index (χ3v) is 6.31. The van der Waals surface area contributed by atoms with Gasteiger partial charge in [0, 0.05) is 5.39 Å². The molecule has 10 heteroatoms. The molecule has 156 valence electrons. The Morgan fingerprint density at radius 1 is 1.27 bits per heavy atom. The summed E-state index contributed by atoms with van der Waals surface area (Å²) >= 11 is 7.33. The van der Waals surface area contributed by atoms with Crippen LogP contribution >= 0.6 is 22.9 Å². The smallest absolute Gasteiger partial charge is 0.321 e. The fraction of sp³-hybridized carbons (Fsp3) is 0.250. The Bertz CT molecular complexity index is 1110. The number of nitrogens with one attached hydrogen (secondary N) is 3. The van der Waals surface area contributed by atoms with Crippen LogP contribution in [0.25, 0.3) is 10.2 Å². The van der Waals surface area contributed by atoms with Crippen LogP contribution in [0.15, 0.2) is 36.4 Å². The molecule has 4 rings (SSSR count). The van der Waals surface area contributed by atoms with Gasteiger partial charge in [-0.3, -0.25) is 14.4 Å². The second kappa shape index (κ2) is 8.10. The van der Waals surface area contributed by atoms with Gasteiger partial charge in [-0.25, -0.2) is 0 Å². The second-order valence-electron chi connectivity index (χ2n) is 7.19. The molecular formula is C20H19ClN4O4S. The van der Waals surface area contributed by atoms with Crippen LogP contribution in [-0.2, 0) is 16.0 Å². The van der Waals surface area contributed by atoms with Gasteiger partial charge < -0.3 is 26.5 Å². The minimum absolute atomic E-state index is 0.297. The first-order chi connectivity index (χ1) is 14.3. The van der Waals surface area contributed by atoms with Crippen LogP contribution in [0.1, 0.15) is 34.1 Å². The minimum atomic E-state index is -1.28. The molecule has 8 nitrogen and oxygen atoms in total. The van der Waals surface area contributed by atoms with E-state index in [1.807, 2.05) is 24.3 Å². The van der Waals surface area contributed by atoms with E-state index < -0.39 is 24.0 Å². The van der Waals surface area contributed by atoms with E-state index in [0.717, 1.165) is 21.3 Å². The summed E-state index contributed by atoms with van der Waals surface area (Å²) in [7, 11) is 0. The van der Waals surface area contributed by atoms with E-state index in [-0.39, 0.29) is 18.4 Å². The number of benzene rings is 1. The molecule has 2 amide bonds. The first kappa shape index (κ1) is 20.4. The van der Waals surface area contributed by atoms with E-state index in [9.17, 15) is 14.4 Å². The number of carboxylic acids is 1. The first-order valence-corrected chi connectivity index (χ1v) is 10.5. The molecule has 2 heterocycles. The molecule has 0 saturated carbocycles. The number of rotatable bonds is 6. The van der Waals surface area contributed by atoms with Crippen LogP contribution in [0.5, 0.6) is 0 Å². The normalized spacial score (nSPS) is 18.7. The number of halogens is 1. The van der Waals surface area contributed by atoms with Crippen LogP contribution in [-0.4, -0.2) is 40.0 Å². The van der Waals surface area contributed by atoms with Gasteiger partial charge in [-0.05, 0) is 29.7 Å². The van der Waals surface area contributed by atoms with E-state index in [4.69, 9.17) is 22.4 Å². The summed E-state index contributed by atoms with van der Waals surface area (Å²) in [6, 6.07) is 8.94. The largest absolute Gasteiger partial charge is 0.480 e. The van der Waals surface area contributed by atoms with Gasteiger partial charge in [-0.2, -0.15) is 0 Å². The number of aliphatic carboxylic acids is 1. The number of aromatic amines is 1. The first-order valence-electron chi connectivity index (χ1n) is 9.26. The molecule has 1 aliphatic rings. The lowest BCUT2D eigenvalue weighted by molar-refractivity contribution is -0.140. The summed E-state index contributed by atoms with van der Waals surface area (Å²) in [6.07, 6.45) is 0.196. The van der Waals surface area contributed by atoms with Gasteiger partial charge in [0.15, 0.2) is 0 Å². The molecule has 6 N–H and O–H groups in total. The zero-order valence-electron chi connectivity index (χ0n) is 15.6. The van der Waals surface area contributed by atoms with Crippen LogP contribution in [0.2, 0.25) is 4.34 Å². The van der Waals surface area contributed by atoms with E-state index in [1.165, 1.54) is 11.3 Å². The lowest BCUT2D eigenvalue weighted by Crippen LogP contribution is -2.46. The number of carbonyl (C=O) groups is 3. The van der Waals surface area contributed by atoms with Gasteiger partial charge in [-0.15, -0.1) is 11.3 Å². The fourth-order valence-corrected chi connectivity index (χ4v) is 4.81. The van der Waals surface area contributed by atoms with Gasteiger partial charge in [0.05, 0.1) is 22.8 Å². The zero-order chi connectivity index (χ0) is 21.4. The number of hydrogen-bond donors (Lipinski definition) is 5. The molecule has 0 spiro atoms. The molecule has 0 fully saturated rings. The molecule has 1 aliphatic carbocycles. The predicted molar refractivity (Wildman–Crippen MR) is 114 cm³/mol. The molecule has 0 bridgehead atoms. The minimum Gasteiger partial charge on any atom is -0.480 e. The number of fused-ring (bicyclic) bond motifs is 2. The van der Waals surface area contributed by atoms with Crippen LogP contribution in [0, 0.1) is 0 Å². The number of aromatic nitrogens is 1. The Balaban J connectivity index is 1.51. The van der Waals surface area contributed by atoms with Gasteiger partial charge in [0.1, 0.15) is 16.6 Å². The lowest BCUT2D eigenvalue weighted by Gasteiger charge is -2.23. The number of hydrogen-bond acceptors (Lipinski definition) is 5. The number of thiophene rings is 1. The molecule has 3 atom stereocenters. The summed E-state index contributed by atoms with van der Waals surface area (Å²) in [4.78, 5) is 40.0. The van der Waals surface area contributed by atoms with Gasteiger partial charge in [-0.1, -0.05) is 35.9 Å². The standard InChI is InChI=1S/C20H19ClN4O4S/c21-15-7-10-6-14(24-19(10)30-15)18(27)23-13-5-9-3-1-2-4-11(9)17(13)25-16(26)8-12(22)20(28)29/h1-4,6-7,12-13,17,24H,5,8,22H2,(H,23,27)(H,25,26)(H,28,29)/t12-,13+,17+/m0/s1. The van der Waals surface area contributed by atoms with E-state index in [2.05, 4.69) is 15.6 Å². The Morgan fingerprint density at radius 2 is 2.03 bits per heavy atom. The number of amides is 2. The van der Waals surface area contributed by atoms with Crippen molar-refractivity contribution in [1.82, 2.24) is 15.6 Å². The van der Waals surface area contributed by atoms with Gasteiger partial charge >= 0.3 is 5.97 Å². The summed E-state index contributed by atoms with van der Waals surface area (Å²) in [5, 5.41) is 15.6. The molecule has 1 aromatic carbocycles. The van der Waals surface area contributed by atoms with Gasteiger partial charge in [0.25, 0.3) is 5.91 Å². The van der Waals surface area contributed by atoms with E-state index in [0.29, 0.717) is 16.5 Å². The Hall–Kier alpha value is -2.88. The fourth-order valence-electron chi connectivity index (χ4n) is 3.69. The van der Waals surface area contributed by atoms with Crippen molar-refractivity contribution in [1.29, 1.82) is 0 Å². The highest BCUT2D eigenvalue weighted by Crippen LogP contribution is 2.32. The maximum atomic E-state index is 12.8. The van der Waals surface area contributed by atoms with Crippen molar-refractivity contribution in [2.24, 2.45) is 5.73 Å². The molecular weight excluding hydrogens is 428 g/mol. The van der Waals surface area contributed by atoms with Crippen molar-refractivity contribution in [3.63, 3.8) is 0 Å². The number of H-pyrrole nitrogens is 1. The zero-order valence-corrected chi connectivity index (χ0v) is 17.2. The van der Waals surface area contributed by atoms with Crippen molar-refractivity contribution in [3.05, 3.63) is 57.6 Å². The highest BCUT2D eigenvalue weighted by molar-refractivity contribution is 7.22. The van der Waals surface area contributed by atoms with Gasteiger partial charge in [0.2, 0.25) is 5.91 Å². The van der Waals surface area contributed by atoms with Crippen LogP contribution in [0.4, 0.5) is 0 Å². The highest BCUT2D eigenvalue weighted by Gasteiger charge is 2.35. The summed E-state index contributed by atoms with van der Waals surface area (Å²) in [5.41, 5.74) is 7.77. The number of carbonyl (C=O) groups excluding carboxylic acids is 2. The Morgan fingerprint density at radius 3 is 2.77 bits per heavy atom. The van der Waals surface area contributed by atoms with Crippen LogP contribution < -0.4 is 16.4 Å². The van der Waals surface area contributed by atoms with E-state index >= 15 is 0 Å². The summed E-state index contributed by atoms with van der Waals surface area (Å²) < 4.78 is 0.636. The lowest BCUT2D eigenvalue weighted by atomic mass is 10.1. The highest BCUT2D eigenvalue weighted by atomic mass is 35.5. The van der Waals surface area contributed by atoms with Crippen LogP contribution in [0.3, 0.4) is 0 Å². The third kappa shape index (κ3) is 4.04. The average Bonchev–Trinajstić information content (AvgIpc) is 3.33. The average molecular weight is 447 g/mol. The van der Waals surface area contributed by atoms with Crippen molar-refractivity contribution in [3.8, 4) is 0 Å². The number of nitrogens with two attached hydrogens (primary N) is 1. The van der Waals surface area contributed by atoms with Crippen molar-refractivity contribution >= 4 is 50.9 Å². The molecule has 0 radical (unpaired) electrons. The predicted octanol–water partition coefficient (Wildman–Crippen LogP) is 2.20. The monoisotopic (exact) mass is 446 g/mol. The maximum absolute atomic E-state index is 12.8. The molecule has 0 saturated heterocycles. The number of carboxylic acid groups (broad SMARTS) is 1. The second-order valence-corrected chi connectivity index (χ2v) is 8.88. The Labute approximate surface area is 180 Å². The summed E-state index contributed by atoms with van der Waals surface area (Å²) in [5.74, 6) is -2.02. The molecule has 30 heavy (non-hydrogen) atoms. The summed E-state index contributed by atoms with van der Waals surface area (Å²) in [6.45, 7) is 0. The topological polar surface area (TPSA) is 137 Å². The maximum Gasteiger partial charge on any atom is 0.321 e. The molecule has 0 aliphatic heterocycles. The van der Waals surface area contributed by atoms with Crippen molar-refractivity contribution < 1.29 is 19.5 Å². The van der Waals surface area contributed by atoms with E-state index in [1.54, 1.807) is 12.1 Å². The third-order valence-electron chi connectivity index (χ3n) is 5.11.